The van der Waals surface area contributed by atoms with E-state index in [1.165, 1.54) is 45.7 Å². The smallest absolute Gasteiger partial charge is 0.0112 e. The zero-order chi connectivity index (χ0) is 16.9. The summed E-state index contributed by atoms with van der Waals surface area (Å²) in [4.78, 5) is 7.51. The maximum atomic E-state index is 2.60. The van der Waals surface area contributed by atoms with Crippen molar-refractivity contribution in [1.29, 1.82) is 0 Å². The summed E-state index contributed by atoms with van der Waals surface area (Å²) in [6, 6.07) is 1.45. The van der Waals surface area contributed by atoms with Crippen LogP contribution in [0.4, 0.5) is 0 Å². The standard InChI is InChI=1S/C11H23N.C8H18N2/c1-9(2)12-7-6-10(3)11(4,5)8-12;1-8(2)10-6-4-9(3)5-7-10/h9-10H,6-8H2,1-5H3;8H,4-7H2,1-3H3. The molecule has 0 aromatic carbocycles. The zero-order valence-electron chi connectivity index (χ0n) is 16.5. The SMILES string of the molecule is CC(C)N1CCC(C)C(C)(C)C1.CC(C)N1CCN(C)CC1. The van der Waals surface area contributed by atoms with Crippen molar-refractivity contribution in [2.45, 2.75) is 67.0 Å². The molecule has 132 valence electrons. The van der Waals surface area contributed by atoms with Gasteiger partial charge in [-0.15, -0.1) is 0 Å². The molecule has 0 radical (unpaired) electrons. The van der Waals surface area contributed by atoms with Crippen molar-refractivity contribution in [1.82, 2.24) is 14.7 Å². The number of nitrogens with zero attached hydrogens (tertiary/aromatic N) is 3. The van der Waals surface area contributed by atoms with Crippen molar-refractivity contribution in [3.8, 4) is 0 Å². The molecule has 0 aromatic rings. The Labute approximate surface area is 140 Å². The first kappa shape index (κ1) is 19.9. The molecule has 22 heavy (non-hydrogen) atoms. The summed E-state index contributed by atoms with van der Waals surface area (Å²) in [7, 11) is 2.19. The van der Waals surface area contributed by atoms with E-state index < -0.39 is 0 Å². The van der Waals surface area contributed by atoms with E-state index in [4.69, 9.17) is 0 Å². The molecule has 2 fully saturated rings. The fourth-order valence-corrected chi connectivity index (χ4v) is 3.29. The molecule has 0 bridgehead atoms. The van der Waals surface area contributed by atoms with Gasteiger partial charge in [-0.2, -0.15) is 0 Å². The van der Waals surface area contributed by atoms with Crippen LogP contribution < -0.4 is 0 Å². The average molecular weight is 312 g/mol. The highest BCUT2D eigenvalue weighted by Gasteiger charge is 2.33. The molecule has 3 nitrogen and oxygen atoms in total. The fourth-order valence-electron chi connectivity index (χ4n) is 3.29. The van der Waals surface area contributed by atoms with Crippen molar-refractivity contribution >= 4 is 0 Å². The molecule has 2 aliphatic rings. The summed E-state index contributed by atoms with van der Waals surface area (Å²) in [5, 5.41) is 0. The van der Waals surface area contributed by atoms with Gasteiger partial charge in [-0.3, -0.25) is 4.90 Å². The van der Waals surface area contributed by atoms with Crippen LogP contribution >= 0.6 is 0 Å². The van der Waals surface area contributed by atoms with Crippen LogP contribution in [0, 0.1) is 11.3 Å². The van der Waals surface area contributed by atoms with E-state index in [9.17, 15) is 0 Å². The van der Waals surface area contributed by atoms with Crippen LogP contribution in [-0.4, -0.2) is 73.1 Å². The van der Waals surface area contributed by atoms with E-state index in [1.807, 2.05) is 0 Å². The minimum absolute atomic E-state index is 0.516. The van der Waals surface area contributed by atoms with Gasteiger partial charge in [-0.05, 0) is 59.0 Å². The highest BCUT2D eigenvalue weighted by Crippen LogP contribution is 2.34. The summed E-state index contributed by atoms with van der Waals surface area (Å²) in [5.74, 6) is 0.882. The van der Waals surface area contributed by atoms with Gasteiger partial charge >= 0.3 is 0 Å². The number of likely N-dealkylation sites (N-methyl/N-ethyl adjacent to an activating group) is 1. The molecule has 3 heteroatoms. The predicted molar refractivity (Wildman–Crippen MR) is 98.5 cm³/mol. The lowest BCUT2D eigenvalue weighted by molar-refractivity contribution is 0.0453. The Morgan fingerprint density at radius 3 is 1.73 bits per heavy atom. The predicted octanol–water partition coefficient (Wildman–Crippen LogP) is 3.41. The van der Waals surface area contributed by atoms with Crippen molar-refractivity contribution in [2.24, 2.45) is 11.3 Å². The molecule has 2 rings (SSSR count). The highest BCUT2D eigenvalue weighted by atomic mass is 15.3. The van der Waals surface area contributed by atoms with Gasteiger partial charge in [-0.25, -0.2) is 0 Å². The number of piperidine rings is 1. The Morgan fingerprint density at radius 2 is 1.32 bits per heavy atom. The van der Waals surface area contributed by atoms with Gasteiger partial charge in [0, 0.05) is 44.8 Å². The second kappa shape index (κ2) is 8.65. The summed E-state index contributed by atoms with van der Waals surface area (Å²) < 4.78 is 0. The van der Waals surface area contributed by atoms with Gasteiger partial charge in [0.15, 0.2) is 0 Å². The van der Waals surface area contributed by atoms with Gasteiger partial charge in [0.25, 0.3) is 0 Å². The van der Waals surface area contributed by atoms with Crippen LogP contribution in [0.3, 0.4) is 0 Å². The molecule has 0 saturated carbocycles. The van der Waals surface area contributed by atoms with Crippen molar-refractivity contribution in [3.05, 3.63) is 0 Å². The highest BCUT2D eigenvalue weighted by molar-refractivity contribution is 4.85. The third kappa shape index (κ3) is 6.17. The van der Waals surface area contributed by atoms with Gasteiger partial charge in [0.05, 0.1) is 0 Å². The Kier molecular flexibility index (Phi) is 7.84. The number of rotatable bonds is 2. The lowest BCUT2D eigenvalue weighted by Gasteiger charge is -2.44. The van der Waals surface area contributed by atoms with Gasteiger partial charge in [0.1, 0.15) is 0 Å². The first-order valence-corrected chi connectivity index (χ1v) is 9.30. The normalized spacial score (nSPS) is 27.8. The van der Waals surface area contributed by atoms with Crippen molar-refractivity contribution < 1.29 is 0 Å². The van der Waals surface area contributed by atoms with Gasteiger partial charge < -0.3 is 9.80 Å². The van der Waals surface area contributed by atoms with E-state index in [-0.39, 0.29) is 0 Å². The van der Waals surface area contributed by atoms with E-state index in [2.05, 4.69) is 70.2 Å². The minimum Gasteiger partial charge on any atom is -0.304 e. The monoisotopic (exact) mass is 311 g/mol. The molecule has 0 N–H and O–H groups in total. The second-order valence-electron chi connectivity index (χ2n) is 8.68. The molecule has 0 aromatic heterocycles. The van der Waals surface area contributed by atoms with Crippen molar-refractivity contribution in [2.75, 3.05) is 46.3 Å². The van der Waals surface area contributed by atoms with Crippen LogP contribution in [0.1, 0.15) is 54.9 Å². The maximum absolute atomic E-state index is 2.60. The van der Waals surface area contributed by atoms with Gasteiger partial charge in [-0.1, -0.05) is 20.8 Å². The third-order valence-corrected chi connectivity index (χ3v) is 5.79. The molecule has 0 spiro atoms. The molecule has 2 heterocycles. The summed E-state index contributed by atoms with van der Waals surface area (Å²) in [6.07, 6.45) is 1.37. The molecule has 2 saturated heterocycles. The van der Waals surface area contributed by atoms with E-state index in [0.717, 1.165) is 18.0 Å². The quantitative estimate of drug-likeness (QED) is 0.774. The molecule has 0 amide bonds. The summed E-state index contributed by atoms with van der Waals surface area (Å²) in [6.45, 7) is 23.8. The summed E-state index contributed by atoms with van der Waals surface area (Å²) in [5.41, 5.74) is 0.516. The van der Waals surface area contributed by atoms with Crippen LogP contribution in [0.2, 0.25) is 0 Å². The van der Waals surface area contributed by atoms with E-state index in [0.29, 0.717) is 5.41 Å². The molecule has 2 aliphatic heterocycles. The summed E-state index contributed by atoms with van der Waals surface area (Å²) >= 11 is 0. The van der Waals surface area contributed by atoms with Crippen molar-refractivity contribution in [3.63, 3.8) is 0 Å². The lowest BCUT2D eigenvalue weighted by Crippen LogP contribution is -2.47. The Balaban J connectivity index is 0.000000224. The van der Waals surface area contributed by atoms with E-state index in [1.54, 1.807) is 0 Å². The first-order valence-electron chi connectivity index (χ1n) is 9.30. The fraction of sp³-hybridized carbons (Fsp3) is 1.00. The molecule has 1 atom stereocenters. The maximum Gasteiger partial charge on any atom is 0.0112 e. The molecule has 1 unspecified atom stereocenters. The minimum atomic E-state index is 0.516. The van der Waals surface area contributed by atoms with Crippen LogP contribution in [0.25, 0.3) is 0 Å². The molecule has 0 aliphatic carbocycles. The topological polar surface area (TPSA) is 9.72 Å². The average Bonchev–Trinajstić information content (AvgIpc) is 2.43. The molecular formula is C19H41N3. The van der Waals surface area contributed by atoms with Crippen LogP contribution in [0.15, 0.2) is 0 Å². The van der Waals surface area contributed by atoms with Crippen LogP contribution in [-0.2, 0) is 0 Å². The third-order valence-electron chi connectivity index (χ3n) is 5.79. The van der Waals surface area contributed by atoms with Crippen LogP contribution in [0.5, 0.6) is 0 Å². The van der Waals surface area contributed by atoms with E-state index >= 15 is 0 Å². The Morgan fingerprint density at radius 1 is 0.818 bits per heavy atom. The number of likely N-dealkylation sites (tertiary alicyclic amines) is 1. The number of hydrogen-bond acceptors (Lipinski definition) is 3. The Bertz CT molecular complexity index is 304. The van der Waals surface area contributed by atoms with Gasteiger partial charge in [0.2, 0.25) is 0 Å². The number of piperazine rings is 1. The zero-order valence-corrected chi connectivity index (χ0v) is 16.5. The lowest BCUT2D eigenvalue weighted by atomic mass is 9.75. The first-order chi connectivity index (χ1) is 10.1. The number of hydrogen-bond donors (Lipinski definition) is 0. The Hall–Kier alpha value is -0.120. The second-order valence-corrected chi connectivity index (χ2v) is 8.68. The molecular weight excluding hydrogens is 270 g/mol. The largest absolute Gasteiger partial charge is 0.304 e.